The first kappa shape index (κ1) is 15.9. The maximum absolute atomic E-state index is 11.8. The van der Waals surface area contributed by atoms with Crippen molar-refractivity contribution in [2.75, 3.05) is 6.61 Å². The van der Waals surface area contributed by atoms with Crippen LogP contribution in [-0.4, -0.2) is 15.0 Å². The first-order valence-electron chi connectivity index (χ1n) is 6.52. The summed E-state index contributed by atoms with van der Waals surface area (Å²) in [6.07, 6.45) is 3.72. The van der Waals surface area contributed by atoms with E-state index in [9.17, 15) is 8.42 Å². The van der Waals surface area contributed by atoms with Gasteiger partial charge in [0.05, 0.1) is 11.5 Å². The monoisotopic (exact) mass is 282 g/mol. The van der Waals surface area contributed by atoms with Crippen LogP contribution >= 0.6 is 0 Å². The zero-order chi connectivity index (χ0) is 14.3. The molecular formula is C15H22O3S. The van der Waals surface area contributed by atoms with Crippen LogP contribution in [0, 0.1) is 6.92 Å². The van der Waals surface area contributed by atoms with E-state index in [2.05, 4.69) is 6.58 Å². The SMILES string of the molecule is C=C(C)CCCCCOS(=O)(=O)c1ccc(C)cc1. The maximum Gasteiger partial charge on any atom is 0.296 e. The van der Waals surface area contributed by atoms with Crippen molar-refractivity contribution in [2.45, 2.75) is 44.4 Å². The van der Waals surface area contributed by atoms with Crippen LogP contribution < -0.4 is 0 Å². The molecule has 0 saturated heterocycles. The number of hydrogen-bond donors (Lipinski definition) is 0. The highest BCUT2D eigenvalue weighted by atomic mass is 32.2. The molecule has 0 amide bonds. The average Bonchev–Trinajstić information content (AvgIpc) is 2.34. The minimum absolute atomic E-state index is 0.222. The molecule has 1 rings (SSSR count). The third-order valence-electron chi connectivity index (χ3n) is 2.80. The third-order valence-corrected chi connectivity index (χ3v) is 4.12. The molecule has 0 fully saturated rings. The normalized spacial score (nSPS) is 11.5. The zero-order valence-electron chi connectivity index (χ0n) is 11.7. The topological polar surface area (TPSA) is 43.4 Å². The number of aryl methyl sites for hydroxylation is 1. The molecule has 3 nitrogen and oxygen atoms in total. The lowest BCUT2D eigenvalue weighted by molar-refractivity contribution is 0.307. The van der Waals surface area contributed by atoms with Crippen LogP contribution in [0.5, 0.6) is 0 Å². The van der Waals surface area contributed by atoms with Crippen LogP contribution in [0.1, 0.15) is 38.2 Å². The van der Waals surface area contributed by atoms with Gasteiger partial charge in [-0.15, -0.1) is 6.58 Å². The minimum Gasteiger partial charge on any atom is -0.266 e. The predicted molar refractivity (Wildman–Crippen MR) is 77.6 cm³/mol. The molecule has 106 valence electrons. The third kappa shape index (κ3) is 6.03. The summed E-state index contributed by atoms with van der Waals surface area (Å²) >= 11 is 0. The van der Waals surface area contributed by atoms with Gasteiger partial charge in [-0.25, -0.2) is 0 Å². The van der Waals surface area contributed by atoms with Gasteiger partial charge < -0.3 is 0 Å². The van der Waals surface area contributed by atoms with Crippen molar-refractivity contribution < 1.29 is 12.6 Å². The molecule has 0 aromatic heterocycles. The molecule has 0 radical (unpaired) electrons. The van der Waals surface area contributed by atoms with E-state index in [4.69, 9.17) is 4.18 Å². The molecule has 0 bridgehead atoms. The standard InChI is InChI=1S/C15H22O3S/c1-13(2)7-5-4-6-12-18-19(16,17)15-10-8-14(3)9-11-15/h8-11H,1,4-7,12H2,2-3H3. The fourth-order valence-electron chi connectivity index (χ4n) is 1.65. The van der Waals surface area contributed by atoms with Crippen LogP contribution in [0.2, 0.25) is 0 Å². The molecule has 19 heavy (non-hydrogen) atoms. The summed E-state index contributed by atoms with van der Waals surface area (Å²) in [6, 6.07) is 6.68. The lowest BCUT2D eigenvalue weighted by Gasteiger charge is -2.06. The maximum atomic E-state index is 11.8. The number of allylic oxidation sites excluding steroid dienone is 1. The van der Waals surface area contributed by atoms with E-state index in [-0.39, 0.29) is 11.5 Å². The van der Waals surface area contributed by atoms with Crippen LogP contribution in [0.25, 0.3) is 0 Å². The summed E-state index contributed by atoms with van der Waals surface area (Å²) in [7, 11) is -3.60. The van der Waals surface area contributed by atoms with E-state index in [0.29, 0.717) is 0 Å². The van der Waals surface area contributed by atoms with Gasteiger partial charge in [-0.05, 0) is 45.2 Å². The summed E-state index contributed by atoms with van der Waals surface area (Å²) in [5, 5.41) is 0. The van der Waals surface area contributed by atoms with E-state index in [0.717, 1.165) is 36.8 Å². The Balaban J connectivity index is 2.35. The lowest BCUT2D eigenvalue weighted by Crippen LogP contribution is -2.07. The van der Waals surface area contributed by atoms with Crippen molar-refractivity contribution in [3.8, 4) is 0 Å². The number of unbranched alkanes of at least 4 members (excludes halogenated alkanes) is 2. The second kappa shape index (κ2) is 7.46. The van der Waals surface area contributed by atoms with Gasteiger partial charge in [0.1, 0.15) is 0 Å². The molecule has 4 heteroatoms. The number of rotatable bonds is 8. The second-order valence-corrected chi connectivity index (χ2v) is 6.47. The van der Waals surface area contributed by atoms with Crippen molar-refractivity contribution in [1.29, 1.82) is 0 Å². The molecule has 0 spiro atoms. The van der Waals surface area contributed by atoms with Gasteiger partial charge >= 0.3 is 0 Å². The van der Waals surface area contributed by atoms with E-state index in [1.165, 1.54) is 0 Å². The first-order chi connectivity index (χ1) is 8.92. The van der Waals surface area contributed by atoms with Crippen molar-refractivity contribution in [1.82, 2.24) is 0 Å². The van der Waals surface area contributed by atoms with Crippen molar-refractivity contribution in [2.24, 2.45) is 0 Å². The van der Waals surface area contributed by atoms with Crippen LogP contribution in [0.3, 0.4) is 0 Å². The van der Waals surface area contributed by atoms with Crippen LogP contribution in [0.4, 0.5) is 0 Å². The molecule has 0 unspecified atom stereocenters. The second-order valence-electron chi connectivity index (χ2n) is 4.86. The molecule has 1 aromatic carbocycles. The van der Waals surface area contributed by atoms with Crippen molar-refractivity contribution in [3.05, 3.63) is 42.0 Å². The summed E-state index contributed by atoms with van der Waals surface area (Å²) in [6.45, 7) is 7.99. The highest BCUT2D eigenvalue weighted by Gasteiger charge is 2.14. The molecule has 1 aromatic rings. The number of hydrogen-bond acceptors (Lipinski definition) is 3. The van der Waals surface area contributed by atoms with Crippen LogP contribution in [-0.2, 0) is 14.3 Å². The van der Waals surface area contributed by atoms with Gasteiger partial charge in [-0.3, -0.25) is 4.18 Å². The Kier molecular flexibility index (Phi) is 6.25. The van der Waals surface area contributed by atoms with Crippen LogP contribution in [0.15, 0.2) is 41.3 Å². The smallest absolute Gasteiger partial charge is 0.266 e. The molecule has 0 aliphatic carbocycles. The first-order valence-corrected chi connectivity index (χ1v) is 7.93. The Bertz CT molecular complexity index is 501. The summed E-state index contributed by atoms with van der Waals surface area (Å²) in [5.41, 5.74) is 2.19. The number of benzene rings is 1. The highest BCUT2D eigenvalue weighted by molar-refractivity contribution is 7.86. The Labute approximate surface area is 116 Å². The van der Waals surface area contributed by atoms with Gasteiger partial charge in [0.15, 0.2) is 0 Å². The fraction of sp³-hybridized carbons (Fsp3) is 0.467. The fourth-order valence-corrected chi connectivity index (χ4v) is 2.59. The molecule has 0 aliphatic rings. The van der Waals surface area contributed by atoms with E-state index in [1.54, 1.807) is 24.3 Å². The Morgan fingerprint density at radius 1 is 1.16 bits per heavy atom. The average molecular weight is 282 g/mol. The molecular weight excluding hydrogens is 260 g/mol. The molecule has 0 heterocycles. The predicted octanol–water partition coefficient (Wildman–Crippen LogP) is 3.84. The summed E-state index contributed by atoms with van der Waals surface area (Å²) in [4.78, 5) is 0.222. The molecule has 0 N–H and O–H groups in total. The van der Waals surface area contributed by atoms with Gasteiger partial charge in [0, 0.05) is 0 Å². The van der Waals surface area contributed by atoms with E-state index in [1.807, 2.05) is 13.8 Å². The van der Waals surface area contributed by atoms with Gasteiger partial charge in [0.25, 0.3) is 10.1 Å². The van der Waals surface area contributed by atoms with Gasteiger partial charge in [-0.1, -0.05) is 29.7 Å². The summed E-state index contributed by atoms with van der Waals surface area (Å²) < 4.78 is 28.7. The largest absolute Gasteiger partial charge is 0.296 e. The molecule has 0 atom stereocenters. The lowest BCUT2D eigenvalue weighted by atomic mass is 10.1. The quantitative estimate of drug-likeness (QED) is 0.413. The summed E-state index contributed by atoms with van der Waals surface area (Å²) in [5.74, 6) is 0. The molecule has 0 saturated carbocycles. The van der Waals surface area contributed by atoms with Gasteiger partial charge in [0.2, 0.25) is 0 Å². The highest BCUT2D eigenvalue weighted by Crippen LogP contribution is 2.14. The molecule has 0 aliphatic heterocycles. The Morgan fingerprint density at radius 2 is 1.79 bits per heavy atom. The minimum atomic E-state index is -3.60. The van der Waals surface area contributed by atoms with E-state index < -0.39 is 10.1 Å². The Hall–Kier alpha value is -1.13. The Morgan fingerprint density at radius 3 is 2.37 bits per heavy atom. The van der Waals surface area contributed by atoms with Crippen molar-refractivity contribution >= 4 is 10.1 Å². The van der Waals surface area contributed by atoms with Gasteiger partial charge in [-0.2, -0.15) is 8.42 Å². The van der Waals surface area contributed by atoms with E-state index >= 15 is 0 Å². The van der Waals surface area contributed by atoms with Crippen molar-refractivity contribution in [3.63, 3.8) is 0 Å². The zero-order valence-corrected chi connectivity index (χ0v) is 12.5.